The van der Waals surface area contributed by atoms with Gasteiger partial charge in [-0.05, 0) is 42.8 Å². The zero-order valence-electron chi connectivity index (χ0n) is 15.1. The zero-order chi connectivity index (χ0) is 19.9. The Labute approximate surface area is 161 Å². The number of nitrogens with one attached hydrogen (secondary N) is 1. The first-order valence-corrected chi connectivity index (χ1v) is 8.79. The molecule has 146 valence electrons. The van der Waals surface area contributed by atoms with Gasteiger partial charge in [0, 0.05) is 30.4 Å². The fourth-order valence-electron chi connectivity index (χ4n) is 2.79. The predicted molar refractivity (Wildman–Crippen MR) is 102 cm³/mol. The molecule has 0 spiro atoms. The van der Waals surface area contributed by atoms with E-state index in [1.807, 2.05) is 6.07 Å². The Balaban J connectivity index is 1.50. The summed E-state index contributed by atoms with van der Waals surface area (Å²) in [5.41, 5.74) is 1.30. The van der Waals surface area contributed by atoms with Crippen LogP contribution in [0.1, 0.15) is 12.8 Å². The van der Waals surface area contributed by atoms with Gasteiger partial charge in [-0.2, -0.15) is 0 Å². The van der Waals surface area contributed by atoms with Crippen molar-refractivity contribution in [1.29, 1.82) is 0 Å². The standard InChI is InChI=1S/C20H20N2O6/c23-18(21-14-6-8-16(9-7-14)28-13-20(25)26)12-27-17-4-1-3-15(11-17)22-10-2-5-19(22)24/h1,3-4,6-9,11H,2,5,10,12-13H2,(H,21,23)(H,25,26). The van der Waals surface area contributed by atoms with Gasteiger partial charge in [0.25, 0.3) is 5.91 Å². The van der Waals surface area contributed by atoms with E-state index in [0.717, 1.165) is 12.1 Å². The van der Waals surface area contributed by atoms with Crippen LogP contribution in [0, 0.1) is 0 Å². The molecule has 0 aromatic heterocycles. The van der Waals surface area contributed by atoms with E-state index >= 15 is 0 Å². The van der Waals surface area contributed by atoms with E-state index in [0.29, 0.717) is 30.2 Å². The normalized spacial score (nSPS) is 13.3. The van der Waals surface area contributed by atoms with E-state index in [1.54, 1.807) is 47.4 Å². The number of amides is 2. The summed E-state index contributed by atoms with van der Waals surface area (Å²) in [7, 11) is 0. The maximum absolute atomic E-state index is 12.1. The van der Waals surface area contributed by atoms with Crippen LogP contribution >= 0.6 is 0 Å². The lowest BCUT2D eigenvalue weighted by Gasteiger charge is -2.16. The van der Waals surface area contributed by atoms with Gasteiger partial charge in [0.2, 0.25) is 5.91 Å². The fraction of sp³-hybridized carbons (Fsp3) is 0.250. The Morgan fingerprint density at radius 2 is 1.79 bits per heavy atom. The number of nitrogens with zero attached hydrogens (tertiary/aromatic N) is 1. The van der Waals surface area contributed by atoms with Crippen LogP contribution in [0.15, 0.2) is 48.5 Å². The highest BCUT2D eigenvalue weighted by atomic mass is 16.5. The first kappa shape index (κ1) is 19.2. The van der Waals surface area contributed by atoms with Crippen LogP contribution in [0.5, 0.6) is 11.5 Å². The molecule has 1 aliphatic heterocycles. The monoisotopic (exact) mass is 384 g/mol. The second-order valence-corrected chi connectivity index (χ2v) is 6.19. The zero-order valence-corrected chi connectivity index (χ0v) is 15.1. The van der Waals surface area contributed by atoms with Crippen LogP contribution in [0.25, 0.3) is 0 Å². The van der Waals surface area contributed by atoms with Crippen molar-refractivity contribution in [3.05, 3.63) is 48.5 Å². The first-order chi connectivity index (χ1) is 13.5. The maximum Gasteiger partial charge on any atom is 0.341 e. The summed E-state index contributed by atoms with van der Waals surface area (Å²) in [6.07, 6.45) is 1.39. The molecule has 1 aliphatic rings. The lowest BCUT2D eigenvalue weighted by molar-refractivity contribution is -0.139. The largest absolute Gasteiger partial charge is 0.484 e. The van der Waals surface area contributed by atoms with Gasteiger partial charge in [0.05, 0.1) is 0 Å². The summed E-state index contributed by atoms with van der Waals surface area (Å²) < 4.78 is 10.6. The van der Waals surface area contributed by atoms with Crippen molar-refractivity contribution in [3.63, 3.8) is 0 Å². The summed E-state index contributed by atoms with van der Waals surface area (Å²) in [5.74, 6) is -0.421. The number of carbonyl (C=O) groups is 3. The lowest BCUT2D eigenvalue weighted by Crippen LogP contribution is -2.24. The van der Waals surface area contributed by atoms with Crippen molar-refractivity contribution < 1.29 is 29.0 Å². The van der Waals surface area contributed by atoms with Crippen molar-refractivity contribution >= 4 is 29.2 Å². The minimum Gasteiger partial charge on any atom is -0.484 e. The van der Waals surface area contributed by atoms with Crippen LogP contribution < -0.4 is 19.7 Å². The second kappa shape index (κ2) is 8.90. The molecule has 8 nitrogen and oxygen atoms in total. The molecule has 3 rings (SSSR count). The quantitative estimate of drug-likeness (QED) is 0.724. The third kappa shape index (κ3) is 5.23. The molecule has 0 unspecified atom stereocenters. The van der Waals surface area contributed by atoms with Crippen molar-refractivity contribution in [1.82, 2.24) is 0 Å². The number of ether oxygens (including phenoxy) is 2. The number of carbonyl (C=O) groups excluding carboxylic acids is 2. The summed E-state index contributed by atoms with van der Waals surface area (Å²) >= 11 is 0. The third-order valence-corrected chi connectivity index (χ3v) is 4.07. The number of hydrogen-bond donors (Lipinski definition) is 2. The Kier molecular flexibility index (Phi) is 6.11. The lowest BCUT2D eigenvalue weighted by atomic mass is 10.3. The van der Waals surface area contributed by atoms with E-state index in [9.17, 15) is 14.4 Å². The number of benzene rings is 2. The Morgan fingerprint density at radius 3 is 2.46 bits per heavy atom. The van der Waals surface area contributed by atoms with Gasteiger partial charge in [0.1, 0.15) is 11.5 Å². The van der Waals surface area contributed by atoms with Crippen LogP contribution in [0.2, 0.25) is 0 Å². The van der Waals surface area contributed by atoms with Gasteiger partial charge in [-0.3, -0.25) is 9.59 Å². The SMILES string of the molecule is O=C(O)COc1ccc(NC(=O)COc2cccc(N3CCCC3=O)c2)cc1. The molecule has 1 saturated heterocycles. The highest BCUT2D eigenvalue weighted by Gasteiger charge is 2.21. The average molecular weight is 384 g/mol. The second-order valence-electron chi connectivity index (χ2n) is 6.19. The highest BCUT2D eigenvalue weighted by molar-refractivity contribution is 5.95. The van der Waals surface area contributed by atoms with E-state index < -0.39 is 12.6 Å². The van der Waals surface area contributed by atoms with Crippen molar-refractivity contribution in [2.24, 2.45) is 0 Å². The highest BCUT2D eigenvalue weighted by Crippen LogP contribution is 2.25. The molecule has 0 atom stereocenters. The molecule has 0 aliphatic carbocycles. The molecule has 2 aromatic rings. The number of rotatable bonds is 8. The van der Waals surface area contributed by atoms with Gasteiger partial charge in [-0.1, -0.05) is 6.07 Å². The summed E-state index contributed by atoms with van der Waals surface area (Å²) in [6, 6.07) is 13.4. The molecule has 8 heteroatoms. The molecule has 0 bridgehead atoms. The van der Waals surface area contributed by atoms with E-state index in [4.69, 9.17) is 14.6 Å². The summed E-state index contributed by atoms with van der Waals surface area (Å²) in [6.45, 7) is 0.0747. The first-order valence-electron chi connectivity index (χ1n) is 8.79. The van der Waals surface area contributed by atoms with Gasteiger partial charge in [-0.15, -0.1) is 0 Å². The molecule has 2 amide bonds. The number of carboxylic acid groups (broad SMARTS) is 1. The molecule has 2 aromatic carbocycles. The smallest absolute Gasteiger partial charge is 0.341 e. The van der Waals surface area contributed by atoms with Crippen LogP contribution in [-0.4, -0.2) is 42.6 Å². The number of carboxylic acids is 1. The van der Waals surface area contributed by atoms with E-state index in [2.05, 4.69) is 5.32 Å². The molecule has 28 heavy (non-hydrogen) atoms. The van der Waals surface area contributed by atoms with Crippen molar-refractivity contribution in [2.45, 2.75) is 12.8 Å². The predicted octanol–water partition coefficient (Wildman–Crippen LogP) is 2.29. The third-order valence-electron chi connectivity index (χ3n) is 4.07. The molecular formula is C20H20N2O6. The van der Waals surface area contributed by atoms with E-state index in [1.165, 1.54) is 0 Å². The molecule has 0 radical (unpaired) electrons. The minimum atomic E-state index is -1.06. The maximum atomic E-state index is 12.1. The number of anilines is 2. The topological polar surface area (TPSA) is 105 Å². The number of aliphatic carboxylic acids is 1. The molecular weight excluding hydrogens is 364 g/mol. The average Bonchev–Trinajstić information content (AvgIpc) is 3.12. The summed E-state index contributed by atoms with van der Waals surface area (Å²) in [4.78, 5) is 36.1. The van der Waals surface area contributed by atoms with Gasteiger partial charge in [0.15, 0.2) is 13.2 Å². The molecule has 1 fully saturated rings. The molecule has 1 heterocycles. The van der Waals surface area contributed by atoms with Crippen LogP contribution in [-0.2, 0) is 14.4 Å². The number of hydrogen-bond acceptors (Lipinski definition) is 5. The minimum absolute atomic E-state index is 0.0886. The Bertz CT molecular complexity index is 865. The van der Waals surface area contributed by atoms with Crippen molar-refractivity contribution in [3.8, 4) is 11.5 Å². The summed E-state index contributed by atoms with van der Waals surface area (Å²) in [5, 5.41) is 11.3. The Morgan fingerprint density at radius 1 is 1.04 bits per heavy atom. The van der Waals surface area contributed by atoms with Gasteiger partial charge >= 0.3 is 5.97 Å². The van der Waals surface area contributed by atoms with Crippen LogP contribution in [0.4, 0.5) is 11.4 Å². The van der Waals surface area contributed by atoms with E-state index in [-0.39, 0.29) is 18.4 Å². The molecule has 0 saturated carbocycles. The van der Waals surface area contributed by atoms with Gasteiger partial charge < -0.3 is 24.8 Å². The molecule has 2 N–H and O–H groups in total. The van der Waals surface area contributed by atoms with Gasteiger partial charge in [-0.25, -0.2) is 4.79 Å². The van der Waals surface area contributed by atoms with Crippen molar-refractivity contribution in [2.75, 3.05) is 30.0 Å². The Hall–Kier alpha value is -3.55. The fourth-order valence-corrected chi connectivity index (χ4v) is 2.79. The van der Waals surface area contributed by atoms with Crippen LogP contribution in [0.3, 0.4) is 0 Å².